The number of halogens is 1. The summed E-state index contributed by atoms with van der Waals surface area (Å²) in [6, 6.07) is 9.97. The molecular weight excluding hydrogens is 350 g/mol. The molecule has 0 bridgehead atoms. The Balaban J connectivity index is 1.62. The molecule has 0 aliphatic rings. The predicted molar refractivity (Wildman–Crippen MR) is 101 cm³/mol. The van der Waals surface area contributed by atoms with Crippen molar-refractivity contribution in [2.45, 2.75) is 40.3 Å². The number of para-hydroxylation sites is 1. The molecule has 1 aromatic carbocycles. The molecule has 136 valence electrons. The Hall–Kier alpha value is -2.60. The number of benzene rings is 1. The highest BCUT2D eigenvalue weighted by Gasteiger charge is 2.14. The van der Waals surface area contributed by atoms with Crippen LogP contribution < -0.4 is 5.32 Å². The second-order valence-electron chi connectivity index (χ2n) is 6.22. The van der Waals surface area contributed by atoms with E-state index < -0.39 is 0 Å². The van der Waals surface area contributed by atoms with Crippen LogP contribution >= 0.6 is 11.6 Å². The third kappa shape index (κ3) is 3.80. The van der Waals surface area contributed by atoms with Crippen LogP contribution in [0.4, 0.5) is 0 Å². The van der Waals surface area contributed by atoms with Crippen LogP contribution in [-0.4, -0.2) is 25.5 Å². The first kappa shape index (κ1) is 18.2. The zero-order valence-electron chi connectivity index (χ0n) is 15.2. The lowest BCUT2D eigenvalue weighted by molar-refractivity contribution is -0.121. The summed E-state index contributed by atoms with van der Waals surface area (Å²) in [7, 11) is 0. The Kier molecular flexibility index (Phi) is 5.42. The summed E-state index contributed by atoms with van der Waals surface area (Å²) in [6.07, 6.45) is 1.95. The van der Waals surface area contributed by atoms with Gasteiger partial charge in [0, 0.05) is 24.2 Å². The van der Waals surface area contributed by atoms with Crippen molar-refractivity contribution in [2.24, 2.45) is 0 Å². The first-order valence-electron chi connectivity index (χ1n) is 8.52. The summed E-state index contributed by atoms with van der Waals surface area (Å²) in [6.45, 7) is 6.83. The molecule has 3 aromatic rings. The predicted octanol–water partition coefficient (Wildman–Crippen LogP) is 3.35. The van der Waals surface area contributed by atoms with E-state index in [1.54, 1.807) is 10.9 Å². The Bertz CT molecular complexity index is 914. The second-order valence-corrected chi connectivity index (χ2v) is 6.63. The number of carbonyl (C=O) groups is 1. The standard InChI is InChI=1S/C19H22ClN5O/c1-13-17(14(2)25(23-13)16-7-5-4-6-8-16)11-21-19(26)9-10-24-15(3)18(20)12-22-24/h4-8,12H,9-11H2,1-3H3,(H,21,26). The fourth-order valence-corrected chi connectivity index (χ4v) is 3.02. The molecule has 6 nitrogen and oxygen atoms in total. The third-order valence-corrected chi connectivity index (χ3v) is 4.87. The molecule has 0 aliphatic carbocycles. The minimum atomic E-state index is -0.0257. The van der Waals surface area contributed by atoms with Crippen LogP contribution in [0.1, 0.15) is 29.1 Å². The molecule has 0 spiro atoms. The van der Waals surface area contributed by atoms with Crippen LogP contribution in [0, 0.1) is 20.8 Å². The van der Waals surface area contributed by atoms with Gasteiger partial charge in [0.25, 0.3) is 0 Å². The summed E-state index contributed by atoms with van der Waals surface area (Å²) in [5.41, 5.74) is 4.87. The summed E-state index contributed by atoms with van der Waals surface area (Å²) >= 11 is 5.98. The molecule has 7 heteroatoms. The molecule has 2 heterocycles. The highest BCUT2D eigenvalue weighted by atomic mass is 35.5. The van der Waals surface area contributed by atoms with Gasteiger partial charge >= 0.3 is 0 Å². The van der Waals surface area contributed by atoms with Crippen LogP contribution in [0.15, 0.2) is 36.5 Å². The number of hydrogen-bond donors (Lipinski definition) is 1. The maximum absolute atomic E-state index is 12.2. The average molecular weight is 372 g/mol. The molecule has 26 heavy (non-hydrogen) atoms. The number of aromatic nitrogens is 4. The van der Waals surface area contributed by atoms with Crippen molar-refractivity contribution in [3.8, 4) is 5.69 Å². The molecule has 3 rings (SSSR count). The quantitative estimate of drug-likeness (QED) is 0.722. The molecular formula is C19H22ClN5O. The number of amides is 1. The maximum atomic E-state index is 12.2. The second kappa shape index (κ2) is 7.74. The van der Waals surface area contributed by atoms with E-state index in [2.05, 4.69) is 15.5 Å². The van der Waals surface area contributed by atoms with Crippen molar-refractivity contribution in [2.75, 3.05) is 0 Å². The van der Waals surface area contributed by atoms with Crippen molar-refractivity contribution in [1.29, 1.82) is 0 Å². The van der Waals surface area contributed by atoms with E-state index in [1.807, 2.05) is 55.8 Å². The number of carbonyl (C=O) groups excluding carboxylic acids is 1. The van der Waals surface area contributed by atoms with Crippen LogP contribution in [0.2, 0.25) is 5.02 Å². The third-order valence-electron chi connectivity index (χ3n) is 4.50. The number of nitrogens with zero attached hydrogens (tertiary/aromatic N) is 4. The normalized spacial score (nSPS) is 10.9. The van der Waals surface area contributed by atoms with Crippen molar-refractivity contribution in [3.63, 3.8) is 0 Å². The molecule has 0 atom stereocenters. The molecule has 0 radical (unpaired) electrons. The lowest BCUT2D eigenvalue weighted by Crippen LogP contribution is -2.24. The number of rotatable bonds is 6. The first-order valence-corrected chi connectivity index (χ1v) is 8.90. The Morgan fingerprint density at radius 1 is 1.15 bits per heavy atom. The Labute approximate surface area is 157 Å². The zero-order valence-corrected chi connectivity index (χ0v) is 15.9. The van der Waals surface area contributed by atoms with E-state index >= 15 is 0 Å². The van der Waals surface area contributed by atoms with Gasteiger partial charge < -0.3 is 5.32 Å². The summed E-state index contributed by atoms with van der Waals surface area (Å²) in [5.74, 6) is -0.0257. The van der Waals surface area contributed by atoms with E-state index in [-0.39, 0.29) is 5.91 Å². The van der Waals surface area contributed by atoms with Gasteiger partial charge in [-0.2, -0.15) is 10.2 Å². The minimum absolute atomic E-state index is 0.0257. The van der Waals surface area contributed by atoms with E-state index in [0.29, 0.717) is 24.5 Å². The van der Waals surface area contributed by atoms with Gasteiger partial charge in [-0.05, 0) is 32.9 Å². The maximum Gasteiger partial charge on any atom is 0.222 e. The van der Waals surface area contributed by atoms with Gasteiger partial charge in [-0.25, -0.2) is 4.68 Å². The van der Waals surface area contributed by atoms with Crippen molar-refractivity contribution < 1.29 is 4.79 Å². The summed E-state index contributed by atoms with van der Waals surface area (Å²) < 4.78 is 3.65. The fourth-order valence-electron chi connectivity index (χ4n) is 2.88. The average Bonchev–Trinajstić information content (AvgIpc) is 3.11. The minimum Gasteiger partial charge on any atom is -0.352 e. The van der Waals surface area contributed by atoms with Crippen molar-refractivity contribution in [1.82, 2.24) is 24.9 Å². The molecule has 0 aliphatic heterocycles. The Morgan fingerprint density at radius 2 is 1.88 bits per heavy atom. The van der Waals surface area contributed by atoms with Crippen LogP contribution in [-0.2, 0) is 17.9 Å². The molecule has 1 N–H and O–H groups in total. The van der Waals surface area contributed by atoms with Crippen LogP contribution in [0.5, 0.6) is 0 Å². The van der Waals surface area contributed by atoms with Crippen LogP contribution in [0.25, 0.3) is 5.69 Å². The van der Waals surface area contributed by atoms with Gasteiger partial charge in [0.2, 0.25) is 5.91 Å². The highest BCUT2D eigenvalue weighted by molar-refractivity contribution is 6.31. The van der Waals surface area contributed by atoms with Gasteiger partial charge in [-0.3, -0.25) is 9.48 Å². The van der Waals surface area contributed by atoms with E-state index in [1.165, 1.54) is 0 Å². The lowest BCUT2D eigenvalue weighted by atomic mass is 10.2. The van der Waals surface area contributed by atoms with Gasteiger partial charge in [-0.1, -0.05) is 29.8 Å². The van der Waals surface area contributed by atoms with E-state index in [9.17, 15) is 4.79 Å². The van der Waals surface area contributed by atoms with Gasteiger partial charge in [0.15, 0.2) is 0 Å². The topological polar surface area (TPSA) is 64.7 Å². The smallest absolute Gasteiger partial charge is 0.222 e. The zero-order chi connectivity index (χ0) is 18.7. The Morgan fingerprint density at radius 3 is 2.54 bits per heavy atom. The fraction of sp³-hybridized carbons (Fsp3) is 0.316. The summed E-state index contributed by atoms with van der Waals surface area (Å²) in [5, 5.41) is 12.4. The SMILES string of the molecule is Cc1nn(-c2ccccc2)c(C)c1CNC(=O)CCn1ncc(Cl)c1C. The molecule has 0 saturated carbocycles. The van der Waals surface area contributed by atoms with E-state index in [4.69, 9.17) is 11.6 Å². The molecule has 0 unspecified atom stereocenters. The van der Waals surface area contributed by atoms with Gasteiger partial charge in [0.1, 0.15) is 0 Å². The molecule has 2 aromatic heterocycles. The van der Waals surface area contributed by atoms with Crippen molar-refractivity contribution >= 4 is 17.5 Å². The first-order chi connectivity index (χ1) is 12.5. The van der Waals surface area contributed by atoms with Gasteiger partial charge in [0.05, 0.1) is 34.8 Å². The number of nitrogens with one attached hydrogen (secondary N) is 1. The largest absolute Gasteiger partial charge is 0.352 e. The number of aryl methyl sites for hydroxylation is 2. The van der Waals surface area contributed by atoms with Gasteiger partial charge in [-0.15, -0.1) is 0 Å². The highest BCUT2D eigenvalue weighted by Crippen LogP contribution is 2.18. The van der Waals surface area contributed by atoms with Crippen LogP contribution in [0.3, 0.4) is 0 Å². The lowest BCUT2D eigenvalue weighted by Gasteiger charge is -2.08. The van der Waals surface area contributed by atoms with E-state index in [0.717, 1.165) is 28.3 Å². The molecule has 0 saturated heterocycles. The molecule has 1 amide bonds. The molecule has 0 fully saturated rings. The monoisotopic (exact) mass is 371 g/mol. The number of hydrogen-bond acceptors (Lipinski definition) is 3. The van der Waals surface area contributed by atoms with Crippen molar-refractivity contribution in [3.05, 3.63) is 64.2 Å². The summed E-state index contributed by atoms with van der Waals surface area (Å²) in [4.78, 5) is 12.2.